The third-order valence-corrected chi connectivity index (χ3v) is 5.65. The van der Waals surface area contributed by atoms with Gasteiger partial charge in [0.15, 0.2) is 5.58 Å². The number of aliphatic carboxylic acids is 1. The van der Waals surface area contributed by atoms with Crippen LogP contribution in [0.4, 0.5) is 6.01 Å². The van der Waals surface area contributed by atoms with Gasteiger partial charge in [-0.1, -0.05) is 12.1 Å². The van der Waals surface area contributed by atoms with Crippen molar-refractivity contribution in [3.05, 3.63) is 24.3 Å². The van der Waals surface area contributed by atoms with Gasteiger partial charge in [-0.3, -0.25) is 4.79 Å². The highest BCUT2D eigenvalue weighted by molar-refractivity contribution is 5.85. The quantitative estimate of drug-likeness (QED) is 0.809. The molecule has 0 aliphatic carbocycles. The third-order valence-electron chi connectivity index (χ3n) is 5.65. The second-order valence-corrected chi connectivity index (χ2v) is 7.53. The average molecular weight is 387 g/mol. The molecular weight excluding hydrogens is 362 g/mol. The first kappa shape index (κ1) is 18.7. The van der Waals surface area contributed by atoms with Crippen molar-refractivity contribution in [3.63, 3.8) is 0 Å². The Balaban J connectivity index is 1.34. The lowest BCUT2D eigenvalue weighted by molar-refractivity contribution is -0.146. The molecule has 0 radical (unpaired) electrons. The number of rotatable bonds is 5. The molecule has 0 saturated carbocycles. The summed E-state index contributed by atoms with van der Waals surface area (Å²) in [6.45, 7) is 2.34. The van der Waals surface area contributed by atoms with Crippen LogP contribution in [0.1, 0.15) is 25.7 Å². The second-order valence-electron chi connectivity index (χ2n) is 7.53. The number of nitrogens with zero attached hydrogens (tertiary/aromatic N) is 2. The van der Waals surface area contributed by atoms with Gasteiger partial charge in [0.05, 0.1) is 6.61 Å². The second kappa shape index (κ2) is 8.18. The number of benzene rings is 1. The molecule has 1 aromatic heterocycles. The summed E-state index contributed by atoms with van der Waals surface area (Å²) in [7, 11) is 0. The number of ether oxygens (including phenoxy) is 1. The van der Waals surface area contributed by atoms with Crippen LogP contribution in [0.15, 0.2) is 28.7 Å². The lowest BCUT2D eigenvalue weighted by Gasteiger charge is -2.32. The fourth-order valence-electron chi connectivity index (χ4n) is 4.01. The van der Waals surface area contributed by atoms with Gasteiger partial charge in [0.1, 0.15) is 11.6 Å². The van der Waals surface area contributed by atoms with Crippen LogP contribution in [0.2, 0.25) is 0 Å². The molecule has 3 heterocycles. The molecule has 8 heteroatoms. The molecule has 4 rings (SSSR count). The van der Waals surface area contributed by atoms with Crippen molar-refractivity contribution in [1.29, 1.82) is 0 Å². The number of piperidine rings is 1. The van der Waals surface area contributed by atoms with Crippen LogP contribution in [0, 0.1) is 11.8 Å². The van der Waals surface area contributed by atoms with Crippen molar-refractivity contribution in [2.24, 2.45) is 11.8 Å². The summed E-state index contributed by atoms with van der Waals surface area (Å²) < 4.78 is 11.2. The van der Waals surface area contributed by atoms with E-state index in [1.54, 1.807) is 0 Å². The van der Waals surface area contributed by atoms with Crippen molar-refractivity contribution in [1.82, 2.24) is 10.3 Å². The van der Waals surface area contributed by atoms with Crippen LogP contribution in [-0.4, -0.2) is 54.3 Å². The molecule has 28 heavy (non-hydrogen) atoms. The van der Waals surface area contributed by atoms with Gasteiger partial charge in [-0.15, -0.1) is 0 Å². The van der Waals surface area contributed by atoms with E-state index in [4.69, 9.17) is 9.15 Å². The molecule has 2 aromatic rings. The van der Waals surface area contributed by atoms with Crippen LogP contribution in [0.5, 0.6) is 0 Å². The van der Waals surface area contributed by atoms with Crippen molar-refractivity contribution in [2.45, 2.75) is 31.7 Å². The summed E-state index contributed by atoms with van der Waals surface area (Å²) in [5, 5.41) is 12.3. The van der Waals surface area contributed by atoms with Gasteiger partial charge >= 0.3 is 5.97 Å². The Bertz CT molecular complexity index is 804. The topological polar surface area (TPSA) is 105 Å². The van der Waals surface area contributed by atoms with Crippen LogP contribution < -0.4 is 10.2 Å². The molecule has 2 N–H and O–H groups in total. The van der Waals surface area contributed by atoms with E-state index in [0.29, 0.717) is 45.2 Å². The van der Waals surface area contributed by atoms with E-state index in [1.165, 1.54) is 0 Å². The van der Waals surface area contributed by atoms with E-state index in [1.807, 2.05) is 29.2 Å². The predicted octanol–water partition coefficient (Wildman–Crippen LogP) is 2.04. The number of carbonyl (C=O) groups excluding carboxylic acids is 1. The molecule has 2 atom stereocenters. The largest absolute Gasteiger partial charge is 0.480 e. The molecule has 2 fully saturated rings. The maximum Gasteiger partial charge on any atom is 0.326 e. The van der Waals surface area contributed by atoms with Gasteiger partial charge in [-0.25, -0.2) is 4.79 Å². The molecule has 0 bridgehead atoms. The van der Waals surface area contributed by atoms with Gasteiger partial charge in [-0.05, 0) is 37.8 Å². The number of nitrogens with one attached hydrogen (secondary N) is 1. The molecule has 1 aromatic carbocycles. The number of carboxylic acid groups (broad SMARTS) is 1. The standard InChI is InChI=1S/C20H25N3O5/c24-18(22-17(19(25)26)14-4-3-11-27-12-14)13-7-9-23(10-8-13)20-21-15-5-1-2-6-16(15)28-20/h1-2,5-6,13-14,17H,3-4,7-12H2,(H,22,24)(H,25,26). The van der Waals surface area contributed by atoms with Crippen LogP contribution >= 0.6 is 0 Å². The van der Waals surface area contributed by atoms with E-state index >= 15 is 0 Å². The number of amides is 1. The lowest BCUT2D eigenvalue weighted by Crippen LogP contribution is -2.51. The van der Waals surface area contributed by atoms with Crippen LogP contribution in [0.3, 0.4) is 0 Å². The summed E-state index contributed by atoms with van der Waals surface area (Å²) in [5.74, 6) is -1.55. The van der Waals surface area contributed by atoms with Crippen molar-refractivity contribution in [3.8, 4) is 0 Å². The highest BCUT2D eigenvalue weighted by atomic mass is 16.5. The van der Waals surface area contributed by atoms with Gasteiger partial charge in [-0.2, -0.15) is 4.98 Å². The van der Waals surface area contributed by atoms with E-state index in [-0.39, 0.29) is 17.7 Å². The first-order valence-corrected chi connectivity index (χ1v) is 9.83. The van der Waals surface area contributed by atoms with Gasteiger partial charge < -0.3 is 24.5 Å². The molecule has 8 nitrogen and oxygen atoms in total. The molecular formula is C20H25N3O5. The molecule has 1 amide bonds. The van der Waals surface area contributed by atoms with Crippen LogP contribution in [-0.2, 0) is 14.3 Å². The Morgan fingerprint density at radius 1 is 1.21 bits per heavy atom. The summed E-state index contributed by atoms with van der Waals surface area (Å²) in [4.78, 5) is 30.8. The van der Waals surface area contributed by atoms with Gasteiger partial charge in [0.2, 0.25) is 5.91 Å². The summed E-state index contributed by atoms with van der Waals surface area (Å²) in [6.07, 6.45) is 2.86. The zero-order valence-electron chi connectivity index (χ0n) is 15.7. The number of fused-ring (bicyclic) bond motifs is 1. The van der Waals surface area contributed by atoms with Gasteiger partial charge in [0.25, 0.3) is 6.01 Å². The molecule has 2 saturated heterocycles. The summed E-state index contributed by atoms with van der Waals surface area (Å²) in [5.41, 5.74) is 1.56. The highest BCUT2D eigenvalue weighted by Crippen LogP contribution is 2.27. The van der Waals surface area contributed by atoms with E-state index < -0.39 is 12.0 Å². The Labute approximate surface area is 162 Å². The Morgan fingerprint density at radius 2 is 2.00 bits per heavy atom. The number of hydrogen-bond donors (Lipinski definition) is 2. The number of hydrogen-bond acceptors (Lipinski definition) is 6. The zero-order chi connectivity index (χ0) is 19.5. The van der Waals surface area contributed by atoms with E-state index in [2.05, 4.69) is 10.3 Å². The number of aromatic nitrogens is 1. The molecule has 2 unspecified atom stereocenters. The zero-order valence-corrected chi connectivity index (χ0v) is 15.7. The highest BCUT2D eigenvalue weighted by Gasteiger charge is 2.34. The fraction of sp³-hybridized carbons (Fsp3) is 0.550. The summed E-state index contributed by atoms with van der Waals surface area (Å²) >= 11 is 0. The SMILES string of the molecule is O=C(NC(C(=O)O)C1CCCOC1)C1CCN(c2nc3ccccc3o2)CC1. The maximum atomic E-state index is 12.7. The van der Waals surface area contributed by atoms with E-state index in [9.17, 15) is 14.7 Å². The monoisotopic (exact) mass is 387 g/mol. The average Bonchev–Trinajstić information content (AvgIpc) is 3.16. The normalized spacial score (nSPS) is 22.1. The minimum atomic E-state index is -0.993. The lowest BCUT2D eigenvalue weighted by atomic mass is 9.91. The van der Waals surface area contributed by atoms with E-state index in [0.717, 1.165) is 23.9 Å². The smallest absolute Gasteiger partial charge is 0.326 e. The Hall–Kier alpha value is -2.61. The fourth-order valence-corrected chi connectivity index (χ4v) is 4.01. The number of carboxylic acids is 1. The minimum absolute atomic E-state index is 0.171. The third kappa shape index (κ3) is 3.96. The molecule has 0 spiro atoms. The first-order chi connectivity index (χ1) is 13.6. The van der Waals surface area contributed by atoms with Crippen LogP contribution in [0.25, 0.3) is 11.1 Å². The molecule has 150 valence electrons. The van der Waals surface area contributed by atoms with Crippen molar-refractivity contribution < 1.29 is 23.8 Å². The number of anilines is 1. The Kier molecular flexibility index (Phi) is 5.47. The minimum Gasteiger partial charge on any atom is -0.480 e. The Morgan fingerprint density at radius 3 is 2.68 bits per heavy atom. The predicted molar refractivity (Wildman–Crippen MR) is 102 cm³/mol. The molecule has 2 aliphatic rings. The van der Waals surface area contributed by atoms with Crippen molar-refractivity contribution in [2.75, 3.05) is 31.2 Å². The van der Waals surface area contributed by atoms with Gasteiger partial charge in [0, 0.05) is 31.5 Å². The number of carbonyl (C=O) groups is 2. The number of oxazole rings is 1. The van der Waals surface area contributed by atoms with Crippen molar-refractivity contribution >= 4 is 29.0 Å². The summed E-state index contributed by atoms with van der Waals surface area (Å²) in [6, 6.07) is 7.30. The molecule has 2 aliphatic heterocycles. The first-order valence-electron chi connectivity index (χ1n) is 9.83. The maximum absolute atomic E-state index is 12.7. The number of para-hydroxylation sites is 2.